The highest BCUT2D eigenvalue weighted by molar-refractivity contribution is 6.30. The van der Waals surface area contributed by atoms with E-state index >= 15 is 0 Å². The molecule has 3 atom stereocenters. The molecule has 176 valence electrons. The van der Waals surface area contributed by atoms with Gasteiger partial charge in [-0.25, -0.2) is 4.79 Å². The maximum absolute atomic E-state index is 14.1. The highest BCUT2D eigenvalue weighted by Crippen LogP contribution is 2.51. The third kappa shape index (κ3) is 5.44. The lowest BCUT2D eigenvalue weighted by molar-refractivity contribution is -0.151. The molecular weight excluding hydrogens is 457 g/mol. The molecule has 6 heteroatoms. The molecule has 0 radical (unpaired) electrons. The standard InChI is InChI=1S/C27H31Cl2NO3/c1-5-22(6-2)30-25(18-10-12-20(28)13-11-18)23(19-8-7-9-21(29)16-19)17-27(3,26(30)32)15-14-24(31)33-4/h7-16,22-23,25H,5-6,17H2,1-4H3/b15-14+/t23-,25-,27+/m1/s1. The fraction of sp³-hybridized carbons (Fsp3) is 0.407. The first-order chi connectivity index (χ1) is 15.7. The second-order valence-corrected chi connectivity index (χ2v) is 9.69. The largest absolute Gasteiger partial charge is 0.466 e. The molecular formula is C27H31Cl2NO3. The van der Waals surface area contributed by atoms with Crippen molar-refractivity contribution in [3.05, 3.63) is 81.9 Å². The van der Waals surface area contributed by atoms with E-state index in [0.717, 1.165) is 24.0 Å². The zero-order valence-corrected chi connectivity index (χ0v) is 21.1. The number of benzene rings is 2. The van der Waals surface area contributed by atoms with Crippen LogP contribution in [0, 0.1) is 5.41 Å². The van der Waals surface area contributed by atoms with Crippen molar-refractivity contribution in [2.24, 2.45) is 5.41 Å². The molecule has 33 heavy (non-hydrogen) atoms. The van der Waals surface area contributed by atoms with Crippen LogP contribution in [0.2, 0.25) is 10.0 Å². The zero-order valence-electron chi connectivity index (χ0n) is 19.6. The molecule has 1 fully saturated rings. The van der Waals surface area contributed by atoms with E-state index < -0.39 is 11.4 Å². The highest BCUT2D eigenvalue weighted by Gasteiger charge is 2.50. The number of methoxy groups -OCH3 is 1. The molecule has 1 aliphatic rings. The SMILES string of the molecule is CCC(CC)N1C(=O)[C@@](C)(/C=C/C(=O)OC)C[C@H](c2cccc(Cl)c2)[C@H]1c1ccc(Cl)cc1. The van der Waals surface area contributed by atoms with Crippen LogP contribution in [0.5, 0.6) is 0 Å². The Morgan fingerprint density at radius 2 is 1.79 bits per heavy atom. The Morgan fingerprint density at radius 3 is 2.36 bits per heavy atom. The lowest BCUT2D eigenvalue weighted by Crippen LogP contribution is -2.54. The predicted octanol–water partition coefficient (Wildman–Crippen LogP) is 6.97. The van der Waals surface area contributed by atoms with Gasteiger partial charge in [0.2, 0.25) is 5.91 Å². The number of carbonyl (C=O) groups excluding carboxylic acids is 2. The number of nitrogens with zero attached hydrogens (tertiary/aromatic N) is 1. The van der Waals surface area contributed by atoms with Gasteiger partial charge in [0.25, 0.3) is 0 Å². The third-order valence-corrected chi connectivity index (χ3v) is 7.15. The number of amides is 1. The second-order valence-electron chi connectivity index (χ2n) is 8.82. The van der Waals surface area contributed by atoms with Crippen LogP contribution < -0.4 is 0 Å². The summed E-state index contributed by atoms with van der Waals surface area (Å²) < 4.78 is 4.79. The average molecular weight is 488 g/mol. The summed E-state index contributed by atoms with van der Waals surface area (Å²) in [6.45, 7) is 6.11. The van der Waals surface area contributed by atoms with Gasteiger partial charge in [-0.15, -0.1) is 0 Å². The van der Waals surface area contributed by atoms with Crippen LogP contribution in [0.15, 0.2) is 60.7 Å². The summed E-state index contributed by atoms with van der Waals surface area (Å²) in [7, 11) is 1.33. The van der Waals surface area contributed by atoms with E-state index in [1.54, 1.807) is 6.08 Å². The Balaban J connectivity index is 2.22. The number of ether oxygens (including phenoxy) is 1. The zero-order chi connectivity index (χ0) is 24.2. The van der Waals surface area contributed by atoms with Gasteiger partial charge in [-0.2, -0.15) is 0 Å². The Bertz CT molecular complexity index is 1020. The number of piperidine rings is 1. The Hall–Kier alpha value is -2.30. The molecule has 0 N–H and O–H groups in total. The highest BCUT2D eigenvalue weighted by atomic mass is 35.5. The quantitative estimate of drug-likeness (QED) is 0.312. The van der Waals surface area contributed by atoms with Crippen molar-refractivity contribution in [2.75, 3.05) is 7.11 Å². The smallest absolute Gasteiger partial charge is 0.330 e. The maximum Gasteiger partial charge on any atom is 0.330 e. The molecule has 4 nitrogen and oxygen atoms in total. The van der Waals surface area contributed by atoms with Gasteiger partial charge in [0.15, 0.2) is 0 Å². The molecule has 3 rings (SSSR count). The van der Waals surface area contributed by atoms with E-state index in [4.69, 9.17) is 27.9 Å². The minimum absolute atomic E-state index is 0.00887. The fourth-order valence-electron chi connectivity index (χ4n) is 4.90. The van der Waals surface area contributed by atoms with E-state index in [0.29, 0.717) is 16.5 Å². The van der Waals surface area contributed by atoms with Gasteiger partial charge in [-0.3, -0.25) is 4.79 Å². The van der Waals surface area contributed by atoms with E-state index in [9.17, 15) is 9.59 Å². The lowest BCUT2D eigenvalue weighted by atomic mass is 9.68. The Labute approximate surface area is 206 Å². The Kier molecular flexibility index (Phi) is 8.25. The summed E-state index contributed by atoms with van der Waals surface area (Å²) in [5.41, 5.74) is 1.22. The van der Waals surface area contributed by atoms with Crippen molar-refractivity contribution in [3.63, 3.8) is 0 Å². The molecule has 1 saturated heterocycles. The summed E-state index contributed by atoms with van der Waals surface area (Å²) >= 11 is 12.6. The first-order valence-corrected chi connectivity index (χ1v) is 12.1. The van der Waals surface area contributed by atoms with Gasteiger partial charge in [0, 0.05) is 28.1 Å². The second kappa shape index (κ2) is 10.8. The van der Waals surface area contributed by atoms with Gasteiger partial charge >= 0.3 is 5.97 Å². The van der Waals surface area contributed by atoms with Gasteiger partial charge < -0.3 is 9.64 Å². The van der Waals surface area contributed by atoms with Crippen LogP contribution in [-0.2, 0) is 14.3 Å². The molecule has 0 saturated carbocycles. The van der Waals surface area contributed by atoms with Gasteiger partial charge in [-0.05, 0) is 61.6 Å². The van der Waals surface area contributed by atoms with Crippen LogP contribution >= 0.6 is 23.2 Å². The minimum atomic E-state index is -0.868. The monoisotopic (exact) mass is 487 g/mol. The number of likely N-dealkylation sites (tertiary alicyclic amines) is 1. The summed E-state index contributed by atoms with van der Waals surface area (Å²) in [6, 6.07) is 15.4. The molecule has 1 amide bonds. The van der Waals surface area contributed by atoms with Gasteiger partial charge in [0.05, 0.1) is 18.6 Å². The summed E-state index contributed by atoms with van der Waals surface area (Å²) in [5, 5.41) is 1.31. The number of hydrogen-bond acceptors (Lipinski definition) is 3. The van der Waals surface area contributed by atoms with Crippen molar-refractivity contribution in [2.45, 2.75) is 58.0 Å². The van der Waals surface area contributed by atoms with E-state index in [1.807, 2.05) is 54.3 Å². The van der Waals surface area contributed by atoms with Crippen LogP contribution in [0.3, 0.4) is 0 Å². The molecule has 1 heterocycles. The van der Waals surface area contributed by atoms with Crippen LogP contribution in [-0.4, -0.2) is 29.9 Å². The maximum atomic E-state index is 14.1. The van der Waals surface area contributed by atoms with Gasteiger partial charge in [0.1, 0.15) is 0 Å². The first-order valence-electron chi connectivity index (χ1n) is 11.3. The fourth-order valence-corrected chi connectivity index (χ4v) is 5.22. The summed E-state index contributed by atoms with van der Waals surface area (Å²) in [4.78, 5) is 28.0. The van der Waals surface area contributed by atoms with Crippen LogP contribution in [0.25, 0.3) is 0 Å². The van der Waals surface area contributed by atoms with Crippen LogP contribution in [0.1, 0.15) is 63.1 Å². The summed E-state index contributed by atoms with van der Waals surface area (Å²) in [6.07, 6.45) is 5.24. The predicted molar refractivity (Wildman–Crippen MR) is 133 cm³/mol. The lowest BCUT2D eigenvalue weighted by Gasteiger charge is -2.51. The number of hydrogen-bond donors (Lipinski definition) is 0. The molecule has 0 aliphatic carbocycles. The van der Waals surface area contributed by atoms with Crippen molar-refractivity contribution < 1.29 is 14.3 Å². The van der Waals surface area contributed by atoms with Crippen molar-refractivity contribution in [1.29, 1.82) is 0 Å². The van der Waals surface area contributed by atoms with Crippen LogP contribution in [0.4, 0.5) is 0 Å². The van der Waals surface area contributed by atoms with Gasteiger partial charge in [-0.1, -0.05) is 67.4 Å². The first kappa shape index (κ1) is 25.3. The summed E-state index contributed by atoms with van der Waals surface area (Å²) in [5.74, 6) is -0.498. The van der Waals surface area contributed by atoms with Crippen molar-refractivity contribution >= 4 is 35.1 Å². The van der Waals surface area contributed by atoms with E-state index in [2.05, 4.69) is 19.9 Å². The molecule has 0 unspecified atom stereocenters. The number of halogens is 2. The van der Waals surface area contributed by atoms with E-state index in [-0.39, 0.29) is 23.9 Å². The number of carbonyl (C=O) groups is 2. The normalized spacial score (nSPS) is 23.4. The molecule has 2 aromatic carbocycles. The molecule has 1 aliphatic heterocycles. The van der Waals surface area contributed by atoms with E-state index in [1.165, 1.54) is 13.2 Å². The molecule has 2 aromatic rings. The number of esters is 1. The number of rotatable bonds is 7. The van der Waals surface area contributed by atoms with Crippen molar-refractivity contribution in [3.8, 4) is 0 Å². The van der Waals surface area contributed by atoms with Crippen molar-refractivity contribution in [1.82, 2.24) is 4.90 Å². The minimum Gasteiger partial charge on any atom is -0.466 e. The average Bonchev–Trinajstić information content (AvgIpc) is 2.81. The third-order valence-electron chi connectivity index (χ3n) is 6.66. The Morgan fingerprint density at radius 1 is 1.12 bits per heavy atom. The topological polar surface area (TPSA) is 46.6 Å². The molecule has 0 bridgehead atoms. The molecule has 0 aromatic heterocycles. The molecule has 0 spiro atoms.